The third-order valence-corrected chi connectivity index (χ3v) is 3.16. The molecule has 0 atom stereocenters. The quantitative estimate of drug-likeness (QED) is 0.745. The van der Waals surface area contributed by atoms with Crippen LogP contribution in [-0.2, 0) is 0 Å². The fourth-order valence-corrected chi connectivity index (χ4v) is 2.00. The van der Waals surface area contributed by atoms with Gasteiger partial charge in [-0.3, -0.25) is 0 Å². The van der Waals surface area contributed by atoms with Crippen molar-refractivity contribution in [3.8, 4) is 0 Å². The Morgan fingerprint density at radius 3 is 2.57 bits per heavy atom. The molecular formula is C15H10ClF2N5. The molecule has 3 aromatic rings. The fraction of sp³-hybridized carbons (Fsp3) is 0. The Bertz CT molecular complexity index is 844. The summed E-state index contributed by atoms with van der Waals surface area (Å²) in [6.07, 6.45) is 1.38. The number of rotatable bonds is 4. The number of benzene rings is 2. The maximum atomic E-state index is 13.6. The smallest absolute Gasteiger partial charge is 0.249 e. The lowest BCUT2D eigenvalue weighted by Crippen LogP contribution is -2.03. The molecule has 2 aromatic carbocycles. The first-order valence-corrected chi connectivity index (χ1v) is 6.93. The molecule has 0 aliphatic carbocycles. The van der Waals surface area contributed by atoms with Crippen LogP contribution in [0.25, 0.3) is 0 Å². The Hall–Kier alpha value is -2.80. The zero-order chi connectivity index (χ0) is 16.2. The Labute approximate surface area is 135 Å². The van der Waals surface area contributed by atoms with E-state index >= 15 is 0 Å². The molecular weight excluding hydrogens is 324 g/mol. The molecule has 0 saturated heterocycles. The molecule has 0 unspecified atom stereocenters. The summed E-state index contributed by atoms with van der Waals surface area (Å²) in [7, 11) is 0. The molecule has 0 aliphatic heterocycles. The van der Waals surface area contributed by atoms with Gasteiger partial charge < -0.3 is 10.6 Å². The predicted molar refractivity (Wildman–Crippen MR) is 84.2 cm³/mol. The number of anilines is 4. The van der Waals surface area contributed by atoms with E-state index in [0.717, 1.165) is 0 Å². The number of para-hydroxylation sites is 1. The van der Waals surface area contributed by atoms with E-state index in [1.807, 2.05) is 0 Å². The lowest BCUT2D eigenvalue weighted by Gasteiger charge is -2.08. The summed E-state index contributed by atoms with van der Waals surface area (Å²) in [5, 5.41) is 13.2. The van der Waals surface area contributed by atoms with Gasteiger partial charge in [0.25, 0.3) is 0 Å². The van der Waals surface area contributed by atoms with Gasteiger partial charge in [-0.25, -0.2) is 8.78 Å². The van der Waals surface area contributed by atoms with Gasteiger partial charge in [0, 0.05) is 5.69 Å². The number of nitrogens with one attached hydrogen (secondary N) is 2. The first-order valence-electron chi connectivity index (χ1n) is 6.55. The number of halogens is 3. The molecule has 0 bridgehead atoms. The largest absolute Gasteiger partial charge is 0.339 e. The van der Waals surface area contributed by atoms with Gasteiger partial charge in [-0.15, -0.1) is 5.10 Å². The summed E-state index contributed by atoms with van der Waals surface area (Å²) >= 11 is 5.72. The molecule has 0 fully saturated rings. The summed E-state index contributed by atoms with van der Waals surface area (Å²) in [6, 6.07) is 10.3. The van der Waals surface area contributed by atoms with Crippen molar-refractivity contribution >= 4 is 34.7 Å². The van der Waals surface area contributed by atoms with Crippen LogP contribution in [0.4, 0.5) is 31.9 Å². The van der Waals surface area contributed by atoms with Crippen molar-refractivity contribution < 1.29 is 8.78 Å². The van der Waals surface area contributed by atoms with Crippen LogP contribution >= 0.6 is 11.6 Å². The van der Waals surface area contributed by atoms with Gasteiger partial charge in [-0.1, -0.05) is 23.7 Å². The second kappa shape index (κ2) is 6.53. The minimum Gasteiger partial charge on any atom is -0.339 e. The average Bonchev–Trinajstić information content (AvgIpc) is 2.54. The first kappa shape index (κ1) is 15.1. The molecule has 5 nitrogen and oxygen atoms in total. The molecule has 23 heavy (non-hydrogen) atoms. The molecule has 116 valence electrons. The summed E-state index contributed by atoms with van der Waals surface area (Å²) < 4.78 is 26.7. The highest BCUT2D eigenvalue weighted by atomic mass is 35.5. The average molecular weight is 334 g/mol. The molecule has 0 radical (unpaired) electrons. The maximum Gasteiger partial charge on any atom is 0.249 e. The minimum absolute atomic E-state index is 0.0123. The van der Waals surface area contributed by atoms with Gasteiger partial charge in [0.05, 0.1) is 16.9 Å². The highest BCUT2D eigenvalue weighted by Gasteiger charge is 2.06. The third-order valence-electron chi connectivity index (χ3n) is 2.87. The van der Waals surface area contributed by atoms with Gasteiger partial charge >= 0.3 is 0 Å². The molecule has 0 aliphatic rings. The van der Waals surface area contributed by atoms with Crippen molar-refractivity contribution in [1.82, 2.24) is 15.2 Å². The van der Waals surface area contributed by atoms with Crippen LogP contribution in [0.5, 0.6) is 0 Å². The van der Waals surface area contributed by atoms with Crippen LogP contribution < -0.4 is 10.6 Å². The van der Waals surface area contributed by atoms with E-state index in [-0.39, 0.29) is 16.7 Å². The molecule has 2 N–H and O–H groups in total. The first-order chi connectivity index (χ1) is 11.1. The molecule has 0 spiro atoms. The van der Waals surface area contributed by atoms with Crippen LogP contribution in [0.2, 0.25) is 5.02 Å². The Balaban J connectivity index is 1.79. The number of hydrogen-bond acceptors (Lipinski definition) is 5. The summed E-state index contributed by atoms with van der Waals surface area (Å²) in [5.74, 6) is -0.477. The lowest BCUT2D eigenvalue weighted by atomic mass is 10.3. The van der Waals surface area contributed by atoms with Crippen LogP contribution in [0.15, 0.2) is 48.7 Å². The molecule has 0 saturated carbocycles. The van der Waals surface area contributed by atoms with Crippen LogP contribution in [0.3, 0.4) is 0 Å². The highest BCUT2D eigenvalue weighted by Crippen LogP contribution is 2.22. The van der Waals surface area contributed by atoms with Gasteiger partial charge in [0.15, 0.2) is 5.82 Å². The molecule has 3 rings (SSSR count). The van der Waals surface area contributed by atoms with E-state index in [2.05, 4.69) is 25.8 Å². The third kappa shape index (κ3) is 3.70. The van der Waals surface area contributed by atoms with Crippen LogP contribution in [0.1, 0.15) is 0 Å². The summed E-state index contributed by atoms with van der Waals surface area (Å²) in [5.41, 5.74) is 0.769. The summed E-state index contributed by atoms with van der Waals surface area (Å²) in [4.78, 5) is 4.16. The van der Waals surface area contributed by atoms with E-state index in [4.69, 9.17) is 11.6 Å². The van der Waals surface area contributed by atoms with E-state index < -0.39 is 11.6 Å². The van der Waals surface area contributed by atoms with Crippen molar-refractivity contribution in [1.29, 1.82) is 0 Å². The van der Waals surface area contributed by atoms with E-state index in [0.29, 0.717) is 11.5 Å². The maximum absolute atomic E-state index is 13.6. The van der Waals surface area contributed by atoms with E-state index in [1.54, 1.807) is 18.2 Å². The Kier molecular flexibility index (Phi) is 4.29. The minimum atomic E-state index is -0.514. The second-order valence-electron chi connectivity index (χ2n) is 4.52. The standard InChI is InChI=1S/C15H10ClF2N5/c16-10-7-9(5-6-11(10)17)20-14-8-19-23-15(22-14)21-13-4-2-1-3-12(13)18/h1-8H,(H2,20,21,22,23). The topological polar surface area (TPSA) is 62.7 Å². The van der Waals surface area contributed by atoms with Crippen LogP contribution in [-0.4, -0.2) is 15.2 Å². The second-order valence-corrected chi connectivity index (χ2v) is 4.93. The van der Waals surface area contributed by atoms with Gasteiger partial charge in [-0.2, -0.15) is 10.1 Å². The molecule has 0 amide bonds. The van der Waals surface area contributed by atoms with Crippen molar-refractivity contribution in [3.63, 3.8) is 0 Å². The lowest BCUT2D eigenvalue weighted by molar-refractivity contribution is 0.628. The zero-order valence-electron chi connectivity index (χ0n) is 11.6. The highest BCUT2D eigenvalue weighted by molar-refractivity contribution is 6.31. The van der Waals surface area contributed by atoms with Crippen molar-refractivity contribution in [2.75, 3.05) is 10.6 Å². The van der Waals surface area contributed by atoms with E-state index in [1.165, 1.54) is 30.5 Å². The van der Waals surface area contributed by atoms with Gasteiger partial charge in [-0.05, 0) is 30.3 Å². The zero-order valence-corrected chi connectivity index (χ0v) is 12.4. The molecule has 8 heteroatoms. The van der Waals surface area contributed by atoms with Gasteiger partial charge in [0.2, 0.25) is 5.95 Å². The number of aromatic nitrogens is 3. The van der Waals surface area contributed by atoms with E-state index in [9.17, 15) is 8.78 Å². The number of nitrogens with zero attached hydrogens (tertiary/aromatic N) is 3. The van der Waals surface area contributed by atoms with Gasteiger partial charge in [0.1, 0.15) is 11.6 Å². The Morgan fingerprint density at radius 1 is 0.957 bits per heavy atom. The SMILES string of the molecule is Fc1ccc(Nc2cnnc(Nc3ccccc3F)n2)cc1Cl. The summed E-state index contributed by atoms with van der Waals surface area (Å²) in [6.45, 7) is 0. The molecule has 1 heterocycles. The van der Waals surface area contributed by atoms with Crippen molar-refractivity contribution in [2.45, 2.75) is 0 Å². The van der Waals surface area contributed by atoms with Crippen LogP contribution in [0, 0.1) is 11.6 Å². The molecule has 1 aromatic heterocycles. The predicted octanol–water partition coefficient (Wildman–Crippen LogP) is 4.29. The van der Waals surface area contributed by atoms with Crippen molar-refractivity contribution in [2.24, 2.45) is 0 Å². The monoisotopic (exact) mass is 333 g/mol. The normalized spacial score (nSPS) is 10.4. The van der Waals surface area contributed by atoms with Crippen molar-refractivity contribution in [3.05, 3.63) is 65.3 Å². The fourth-order valence-electron chi connectivity index (χ4n) is 1.82. The number of hydrogen-bond donors (Lipinski definition) is 2. The Morgan fingerprint density at radius 2 is 1.78 bits per heavy atom.